The normalized spacial score (nSPS) is 21.0. The maximum absolute atomic E-state index is 12.7. The monoisotopic (exact) mass is 373 g/mol. The van der Waals surface area contributed by atoms with Crippen molar-refractivity contribution >= 4 is 22.6 Å². The number of nitrogens with one attached hydrogen (secondary N) is 4. The zero-order valence-corrected chi connectivity index (χ0v) is 16.0. The van der Waals surface area contributed by atoms with Crippen LogP contribution in [0.1, 0.15) is 18.9 Å². The molecule has 0 aliphatic carbocycles. The van der Waals surface area contributed by atoms with Crippen molar-refractivity contribution in [3.63, 3.8) is 0 Å². The molecule has 8 heteroatoms. The number of piperidine rings is 1. The minimum absolute atomic E-state index is 0.0202. The summed E-state index contributed by atoms with van der Waals surface area (Å²) in [6.45, 7) is 5.56. The van der Waals surface area contributed by atoms with Crippen LogP contribution < -0.4 is 21.5 Å². The highest BCUT2D eigenvalue weighted by Crippen LogP contribution is 2.22. The molecule has 0 radical (unpaired) electrons. The molecule has 2 aromatic rings. The van der Waals surface area contributed by atoms with E-state index in [1.54, 1.807) is 20.2 Å². The maximum atomic E-state index is 12.7. The predicted octanol–water partition coefficient (Wildman–Crippen LogP) is 0.773. The van der Waals surface area contributed by atoms with Crippen LogP contribution in [0, 0.1) is 12.8 Å². The third-order valence-corrected chi connectivity index (χ3v) is 5.06. The first-order valence-electron chi connectivity index (χ1n) is 9.26. The van der Waals surface area contributed by atoms with Crippen molar-refractivity contribution in [1.82, 2.24) is 20.6 Å². The van der Waals surface area contributed by atoms with E-state index in [9.17, 15) is 9.59 Å². The molecule has 3 heterocycles. The Morgan fingerprint density at radius 1 is 1.48 bits per heavy atom. The number of fused-ring (bicyclic) bond motifs is 1. The number of methoxy groups -OCH3 is 1. The Bertz CT molecular complexity index is 866. The first-order chi connectivity index (χ1) is 13.0. The fraction of sp³-hybridized carbons (Fsp3) is 0.526. The van der Waals surface area contributed by atoms with Crippen LogP contribution in [-0.4, -0.2) is 54.8 Å². The Kier molecular flexibility index (Phi) is 6.08. The van der Waals surface area contributed by atoms with Crippen LogP contribution >= 0.6 is 0 Å². The van der Waals surface area contributed by atoms with Crippen molar-refractivity contribution in [1.29, 1.82) is 0 Å². The number of H-pyrrole nitrogens is 1. The van der Waals surface area contributed by atoms with E-state index in [0.717, 1.165) is 18.4 Å². The maximum Gasteiger partial charge on any atom is 0.251 e. The largest absolute Gasteiger partial charge is 0.380 e. The number of hydrogen-bond donors (Lipinski definition) is 4. The summed E-state index contributed by atoms with van der Waals surface area (Å²) in [6.07, 6.45) is 2.45. The minimum atomic E-state index is -0.239. The molecule has 1 aliphatic heterocycles. The van der Waals surface area contributed by atoms with E-state index < -0.39 is 0 Å². The highest BCUT2D eigenvalue weighted by Gasteiger charge is 2.31. The molecular formula is C19H27N5O3. The molecule has 146 valence electrons. The highest BCUT2D eigenvalue weighted by atomic mass is 16.5. The molecule has 0 bridgehead atoms. The highest BCUT2D eigenvalue weighted by molar-refractivity contribution is 5.88. The van der Waals surface area contributed by atoms with Gasteiger partial charge in [0.2, 0.25) is 5.91 Å². The number of anilines is 1. The van der Waals surface area contributed by atoms with E-state index in [1.807, 2.05) is 19.1 Å². The van der Waals surface area contributed by atoms with Crippen LogP contribution in [0.5, 0.6) is 0 Å². The van der Waals surface area contributed by atoms with Crippen molar-refractivity contribution in [3.05, 3.63) is 34.2 Å². The smallest absolute Gasteiger partial charge is 0.251 e. The third kappa shape index (κ3) is 4.45. The molecule has 0 aromatic carbocycles. The van der Waals surface area contributed by atoms with Gasteiger partial charge in [-0.15, -0.1) is 0 Å². The molecule has 27 heavy (non-hydrogen) atoms. The van der Waals surface area contributed by atoms with Crippen molar-refractivity contribution in [3.8, 4) is 0 Å². The van der Waals surface area contributed by atoms with E-state index in [0.29, 0.717) is 30.0 Å². The summed E-state index contributed by atoms with van der Waals surface area (Å²) in [4.78, 5) is 32.0. The number of aromatic nitrogens is 2. The first kappa shape index (κ1) is 19.3. The van der Waals surface area contributed by atoms with Gasteiger partial charge in [-0.2, -0.15) is 0 Å². The standard InChI is InChI=1S/C19H27N5O3/c1-11-8-13-4-7-21-17(16(13)24-18(11)25)23-15-5-6-20-10-14(15)19(26)22-9-12(2)27-3/h4,7-8,12,14-15,20H,5-6,9-10H2,1-3H3,(H,21,23)(H,22,26)(H,24,25)/t12-,14+,15+/m0/s1. The summed E-state index contributed by atoms with van der Waals surface area (Å²) in [5, 5.41) is 10.5. The van der Waals surface area contributed by atoms with Gasteiger partial charge in [-0.1, -0.05) is 0 Å². The van der Waals surface area contributed by atoms with Gasteiger partial charge in [-0.25, -0.2) is 4.98 Å². The molecule has 3 atom stereocenters. The fourth-order valence-corrected chi connectivity index (χ4v) is 3.29. The van der Waals surface area contributed by atoms with E-state index in [1.165, 1.54) is 0 Å². The first-order valence-corrected chi connectivity index (χ1v) is 9.26. The van der Waals surface area contributed by atoms with Crippen LogP contribution in [0.2, 0.25) is 0 Å². The van der Waals surface area contributed by atoms with Crippen molar-refractivity contribution in [2.24, 2.45) is 5.92 Å². The Morgan fingerprint density at radius 2 is 2.30 bits per heavy atom. The second-order valence-electron chi connectivity index (χ2n) is 7.05. The van der Waals surface area contributed by atoms with E-state index in [-0.39, 0.29) is 29.5 Å². The number of rotatable bonds is 6. The van der Waals surface area contributed by atoms with Gasteiger partial charge in [-0.05, 0) is 38.9 Å². The molecule has 0 unspecified atom stereocenters. The molecule has 0 saturated carbocycles. The predicted molar refractivity (Wildman–Crippen MR) is 105 cm³/mol. The number of carbonyl (C=O) groups is 1. The number of amides is 1. The van der Waals surface area contributed by atoms with E-state index in [4.69, 9.17) is 4.74 Å². The lowest BCUT2D eigenvalue weighted by Gasteiger charge is -2.32. The van der Waals surface area contributed by atoms with Crippen molar-refractivity contribution in [2.45, 2.75) is 32.4 Å². The van der Waals surface area contributed by atoms with Gasteiger partial charge in [0, 0.05) is 43.4 Å². The topological polar surface area (TPSA) is 108 Å². The van der Waals surface area contributed by atoms with Crippen LogP contribution in [0.3, 0.4) is 0 Å². The SMILES string of the molecule is CO[C@@H](C)CNC(=O)[C@@H]1CNCC[C@H]1Nc1nccc2cc(C)c(=O)[nH]c12. The lowest BCUT2D eigenvalue weighted by Crippen LogP contribution is -2.52. The summed E-state index contributed by atoms with van der Waals surface area (Å²) < 4.78 is 5.19. The minimum Gasteiger partial charge on any atom is -0.380 e. The van der Waals surface area contributed by atoms with Gasteiger partial charge in [0.15, 0.2) is 5.82 Å². The second kappa shape index (κ2) is 8.49. The molecular weight excluding hydrogens is 346 g/mol. The fourth-order valence-electron chi connectivity index (χ4n) is 3.29. The molecule has 3 rings (SSSR count). The van der Waals surface area contributed by atoms with Crippen LogP contribution in [0.25, 0.3) is 10.9 Å². The number of aryl methyl sites for hydroxylation is 1. The Morgan fingerprint density at radius 3 is 3.07 bits per heavy atom. The molecule has 4 N–H and O–H groups in total. The molecule has 1 fully saturated rings. The quantitative estimate of drug-likeness (QED) is 0.596. The number of nitrogens with zero attached hydrogens (tertiary/aromatic N) is 1. The summed E-state index contributed by atoms with van der Waals surface area (Å²) in [5.41, 5.74) is 1.19. The third-order valence-electron chi connectivity index (χ3n) is 5.06. The van der Waals surface area contributed by atoms with Gasteiger partial charge in [0.05, 0.1) is 17.5 Å². The van der Waals surface area contributed by atoms with Gasteiger partial charge in [0.25, 0.3) is 5.56 Å². The average molecular weight is 373 g/mol. The van der Waals surface area contributed by atoms with Crippen LogP contribution in [-0.2, 0) is 9.53 Å². The number of hydrogen-bond acceptors (Lipinski definition) is 6. The molecule has 1 saturated heterocycles. The Labute approximate surface area is 158 Å². The van der Waals surface area contributed by atoms with Crippen molar-refractivity contribution < 1.29 is 9.53 Å². The number of aromatic amines is 1. The lowest BCUT2D eigenvalue weighted by molar-refractivity contribution is -0.126. The number of carbonyl (C=O) groups excluding carboxylic acids is 1. The van der Waals surface area contributed by atoms with E-state index in [2.05, 4.69) is 25.9 Å². The molecule has 1 amide bonds. The van der Waals surface area contributed by atoms with E-state index >= 15 is 0 Å². The summed E-state index contributed by atoms with van der Waals surface area (Å²) in [5.74, 6) is 0.338. The number of pyridine rings is 2. The zero-order valence-electron chi connectivity index (χ0n) is 16.0. The summed E-state index contributed by atoms with van der Waals surface area (Å²) in [6, 6.07) is 3.63. The summed E-state index contributed by atoms with van der Waals surface area (Å²) in [7, 11) is 1.62. The lowest BCUT2D eigenvalue weighted by atomic mass is 9.92. The van der Waals surface area contributed by atoms with Crippen LogP contribution in [0.4, 0.5) is 5.82 Å². The second-order valence-corrected chi connectivity index (χ2v) is 7.05. The zero-order chi connectivity index (χ0) is 19.4. The Balaban J connectivity index is 1.80. The van der Waals surface area contributed by atoms with Crippen LogP contribution in [0.15, 0.2) is 23.1 Å². The summed E-state index contributed by atoms with van der Waals surface area (Å²) >= 11 is 0. The average Bonchev–Trinajstić information content (AvgIpc) is 2.67. The van der Waals surface area contributed by atoms with Gasteiger partial charge >= 0.3 is 0 Å². The molecule has 1 aliphatic rings. The van der Waals surface area contributed by atoms with Crippen molar-refractivity contribution in [2.75, 3.05) is 32.1 Å². The van der Waals surface area contributed by atoms with Gasteiger partial charge < -0.3 is 25.7 Å². The van der Waals surface area contributed by atoms with Gasteiger partial charge in [0.1, 0.15) is 0 Å². The molecule has 0 spiro atoms. The molecule has 8 nitrogen and oxygen atoms in total. The Hall–Kier alpha value is -2.45. The number of ether oxygens (including phenoxy) is 1. The molecule has 2 aromatic heterocycles. The van der Waals surface area contributed by atoms with Gasteiger partial charge in [-0.3, -0.25) is 9.59 Å².